The van der Waals surface area contributed by atoms with Gasteiger partial charge in [-0.15, -0.1) is 0 Å². The van der Waals surface area contributed by atoms with Crippen LogP contribution in [0.3, 0.4) is 0 Å². The highest BCUT2D eigenvalue weighted by Crippen LogP contribution is 2.37. The Bertz CT molecular complexity index is 1230. The molecule has 9 heteroatoms. The first-order valence-corrected chi connectivity index (χ1v) is 12.6. The number of nitrogen functional groups attached to an aromatic ring is 1. The molecule has 4 N–H and O–H groups in total. The molecule has 0 aliphatic heterocycles. The number of carbonyl (C=O) groups excluding carboxylic acids is 1. The Morgan fingerprint density at radius 1 is 1.17 bits per heavy atom. The number of pyridine rings is 1. The van der Waals surface area contributed by atoms with Crippen LogP contribution in [0.1, 0.15) is 54.6 Å². The number of rotatable bonds is 7. The maximum absolute atomic E-state index is 14.0. The molecule has 3 aromatic rings. The number of nitrogens with one attached hydrogen (secondary N) is 1. The van der Waals surface area contributed by atoms with Crippen LogP contribution in [0.4, 0.5) is 10.2 Å². The Morgan fingerprint density at radius 2 is 1.86 bits per heavy atom. The van der Waals surface area contributed by atoms with Crippen LogP contribution in [0.2, 0.25) is 10.0 Å². The largest absolute Gasteiger partial charge is 0.482 e. The van der Waals surface area contributed by atoms with E-state index >= 15 is 0 Å². The molecule has 1 unspecified atom stereocenters. The van der Waals surface area contributed by atoms with Crippen LogP contribution in [-0.4, -0.2) is 28.6 Å². The highest BCUT2D eigenvalue weighted by atomic mass is 35.5. The molecule has 0 radical (unpaired) electrons. The standard InChI is InChI=1S/C27H28Cl2FN3O3/c1-15(24-21(28)10-11-22(30)25(24)29)36-23-12-19(13-32-26(23)31)17-4-6-18(7-5-17)27(35)33-20-8-2-16(14-34)3-9-20/h4-7,10-13,15-16,20,34H,2-3,8-9,14H2,1H3,(H2,31,32)(H,33,35)/t15?,16-,20-. The minimum Gasteiger partial charge on any atom is -0.482 e. The molecular weight excluding hydrogens is 504 g/mol. The van der Waals surface area contributed by atoms with Crippen LogP contribution in [0.25, 0.3) is 11.1 Å². The van der Waals surface area contributed by atoms with Crippen molar-refractivity contribution >= 4 is 34.9 Å². The first-order valence-electron chi connectivity index (χ1n) is 11.8. The number of halogens is 3. The number of nitrogens with two attached hydrogens (primary N) is 1. The summed E-state index contributed by atoms with van der Waals surface area (Å²) in [5.41, 5.74) is 8.47. The van der Waals surface area contributed by atoms with Crippen LogP contribution in [0.5, 0.6) is 5.75 Å². The second-order valence-corrected chi connectivity index (χ2v) is 9.86. The Morgan fingerprint density at radius 3 is 2.53 bits per heavy atom. The van der Waals surface area contributed by atoms with Gasteiger partial charge in [-0.25, -0.2) is 9.37 Å². The van der Waals surface area contributed by atoms with Gasteiger partial charge >= 0.3 is 0 Å². The number of nitrogens with zero attached hydrogens (tertiary/aromatic N) is 1. The van der Waals surface area contributed by atoms with Gasteiger partial charge in [0.1, 0.15) is 11.9 Å². The summed E-state index contributed by atoms with van der Waals surface area (Å²) in [4.78, 5) is 16.9. The van der Waals surface area contributed by atoms with E-state index < -0.39 is 11.9 Å². The number of aliphatic hydroxyl groups excluding tert-OH is 1. The summed E-state index contributed by atoms with van der Waals surface area (Å²) < 4.78 is 19.9. The molecule has 1 amide bonds. The summed E-state index contributed by atoms with van der Waals surface area (Å²) in [6.07, 6.45) is 4.53. The molecule has 36 heavy (non-hydrogen) atoms. The lowest BCUT2D eigenvalue weighted by Gasteiger charge is -2.28. The zero-order valence-corrected chi connectivity index (χ0v) is 21.3. The van der Waals surface area contributed by atoms with E-state index in [-0.39, 0.29) is 34.4 Å². The lowest BCUT2D eigenvalue weighted by atomic mass is 9.86. The van der Waals surface area contributed by atoms with Crippen molar-refractivity contribution < 1.29 is 19.0 Å². The summed E-state index contributed by atoms with van der Waals surface area (Å²) in [5, 5.41) is 12.6. The molecule has 2 aromatic carbocycles. The van der Waals surface area contributed by atoms with Crippen LogP contribution >= 0.6 is 23.2 Å². The zero-order chi connectivity index (χ0) is 25.8. The molecule has 6 nitrogen and oxygen atoms in total. The van der Waals surface area contributed by atoms with E-state index in [9.17, 15) is 14.3 Å². The maximum Gasteiger partial charge on any atom is 0.251 e. The second kappa shape index (κ2) is 11.5. The molecule has 190 valence electrons. The fraction of sp³-hybridized carbons (Fsp3) is 0.333. The van der Waals surface area contributed by atoms with Crippen molar-refractivity contribution in [1.29, 1.82) is 0 Å². The van der Waals surface area contributed by atoms with Gasteiger partial charge in [0.25, 0.3) is 5.91 Å². The molecule has 1 aliphatic rings. The highest BCUT2D eigenvalue weighted by molar-refractivity contribution is 6.36. The number of benzene rings is 2. The first-order chi connectivity index (χ1) is 17.3. The zero-order valence-electron chi connectivity index (χ0n) is 19.8. The van der Waals surface area contributed by atoms with Crippen molar-refractivity contribution in [3.05, 3.63) is 75.7 Å². The number of ether oxygens (including phenoxy) is 1. The molecular formula is C27H28Cl2FN3O3. The molecule has 1 aromatic heterocycles. The van der Waals surface area contributed by atoms with Crippen molar-refractivity contribution in [3.8, 4) is 16.9 Å². The molecule has 1 saturated carbocycles. The van der Waals surface area contributed by atoms with Crippen molar-refractivity contribution in [2.24, 2.45) is 5.92 Å². The molecule has 4 rings (SSSR count). The Labute approximate surface area is 219 Å². The van der Waals surface area contributed by atoms with E-state index in [0.717, 1.165) is 36.8 Å². The van der Waals surface area contributed by atoms with E-state index in [1.807, 2.05) is 12.1 Å². The monoisotopic (exact) mass is 531 g/mol. The van der Waals surface area contributed by atoms with Gasteiger partial charge in [-0.2, -0.15) is 0 Å². The summed E-state index contributed by atoms with van der Waals surface area (Å²) in [5.74, 6) is 0.1000. The van der Waals surface area contributed by atoms with Crippen LogP contribution in [0, 0.1) is 11.7 Å². The predicted molar refractivity (Wildman–Crippen MR) is 140 cm³/mol. The van der Waals surface area contributed by atoms with Gasteiger partial charge in [0.2, 0.25) is 0 Å². The minimum atomic E-state index is -0.682. The molecule has 1 atom stereocenters. The van der Waals surface area contributed by atoms with Gasteiger partial charge in [-0.05, 0) is 74.4 Å². The summed E-state index contributed by atoms with van der Waals surface area (Å²) >= 11 is 12.3. The van der Waals surface area contributed by atoms with E-state index in [1.54, 1.807) is 31.3 Å². The average molecular weight is 532 g/mol. The summed E-state index contributed by atoms with van der Waals surface area (Å²) in [6.45, 7) is 1.91. The third kappa shape index (κ3) is 5.91. The lowest BCUT2D eigenvalue weighted by molar-refractivity contribution is 0.0914. The number of amides is 1. The fourth-order valence-corrected chi connectivity index (χ4v) is 5.12. The van der Waals surface area contributed by atoms with Crippen LogP contribution in [-0.2, 0) is 0 Å². The molecule has 1 heterocycles. The molecule has 0 bridgehead atoms. The third-order valence-electron chi connectivity index (χ3n) is 6.59. The second-order valence-electron chi connectivity index (χ2n) is 9.08. The minimum absolute atomic E-state index is 0.104. The quantitative estimate of drug-likeness (QED) is 0.315. The fourth-order valence-electron chi connectivity index (χ4n) is 4.44. The highest BCUT2D eigenvalue weighted by Gasteiger charge is 2.23. The number of aliphatic hydroxyl groups is 1. The van der Waals surface area contributed by atoms with Gasteiger partial charge in [0, 0.05) is 40.6 Å². The maximum atomic E-state index is 14.0. The number of carbonyl (C=O) groups is 1. The molecule has 0 saturated heterocycles. The van der Waals surface area contributed by atoms with Crippen molar-refractivity contribution in [3.63, 3.8) is 0 Å². The van der Waals surface area contributed by atoms with E-state index in [0.29, 0.717) is 22.8 Å². The molecule has 1 fully saturated rings. The number of anilines is 1. The number of hydrogen-bond acceptors (Lipinski definition) is 5. The first kappa shape index (κ1) is 26.2. The van der Waals surface area contributed by atoms with Crippen molar-refractivity contribution in [2.45, 2.75) is 44.8 Å². The summed E-state index contributed by atoms with van der Waals surface area (Å²) in [6, 6.07) is 11.7. The van der Waals surface area contributed by atoms with Crippen LogP contribution < -0.4 is 15.8 Å². The third-order valence-corrected chi connectivity index (χ3v) is 7.31. The van der Waals surface area contributed by atoms with Gasteiger partial charge in [0.05, 0.1) is 5.02 Å². The molecule has 0 spiro atoms. The Hall–Kier alpha value is -2.87. The van der Waals surface area contributed by atoms with E-state index in [2.05, 4.69) is 10.3 Å². The smallest absolute Gasteiger partial charge is 0.251 e. The topological polar surface area (TPSA) is 97.5 Å². The molecule has 1 aliphatic carbocycles. The summed E-state index contributed by atoms with van der Waals surface area (Å²) in [7, 11) is 0. The predicted octanol–water partition coefficient (Wildman–Crippen LogP) is 6.20. The van der Waals surface area contributed by atoms with Gasteiger partial charge < -0.3 is 20.9 Å². The Kier molecular flexibility index (Phi) is 8.34. The normalized spacial score (nSPS) is 18.5. The average Bonchev–Trinajstić information content (AvgIpc) is 2.88. The van der Waals surface area contributed by atoms with Crippen molar-refractivity contribution in [2.75, 3.05) is 12.3 Å². The lowest BCUT2D eigenvalue weighted by Crippen LogP contribution is -2.38. The number of hydrogen-bond donors (Lipinski definition) is 3. The Balaban J connectivity index is 1.46. The van der Waals surface area contributed by atoms with Crippen molar-refractivity contribution in [1.82, 2.24) is 10.3 Å². The van der Waals surface area contributed by atoms with E-state index in [4.69, 9.17) is 33.7 Å². The van der Waals surface area contributed by atoms with Crippen LogP contribution in [0.15, 0.2) is 48.7 Å². The van der Waals surface area contributed by atoms with Gasteiger partial charge in [-0.3, -0.25) is 4.79 Å². The van der Waals surface area contributed by atoms with Gasteiger partial charge in [-0.1, -0.05) is 35.3 Å². The number of aromatic nitrogens is 1. The SMILES string of the molecule is CC(Oc1cc(-c2ccc(C(=O)N[C@H]3CC[C@H](CO)CC3)cc2)cnc1N)c1c(Cl)ccc(F)c1Cl. The van der Waals surface area contributed by atoms with Gasteiger partial charge in [0.15, 0.2) is 11.6 Å². The van der Waals surface area contributed by atoms with E-state index in [1.165, 1.54) is 12.1 Å².